The largest absolute Gasteiger partial charge is 0.456 e. The van der Waals surface area contributed by atoms with Crippen LogP contribution in [0.1, 0.15) is 0 Å². The van der Waals surface area contributed by atoms with E-state index in [2.05, 4.69) is 204 Å². The van der Waals surface area contributed by atoms with Crippen LogP contribution in [-0.2, 0) is 0 Å². The molecule has 4 nitrogen and oxygen atoms in total. The first-order chi connectivity index (χ1) is 29.7. The number of anilines is 6. The molecule has 12 aromatic rings. The van der Waals surface area contributed by atoms with Gasteiger partial charge in [-0.2, -0.15) is 0 Å². The number of para-hydroxylation sites is 3. The highest BCUT2D eigenvalue weighted by Crippen LogP contribution is 2.44. The summed E-state index contributed by atoms with van der Waals surface area (Å²) in [6.45, 7) is 0. The molecule has 2 aromatic heterocycles. The maximum Gasteiger partial charge on any atom is 0.137 e. The molecule has 0 N–H and O–H groups in total. The number of hydrogen-bond donors (Lipinski definition) is 0. The number of benzene rings is 10. The van der Waals surface area contributed by atoms with Crippen molar-refractivity contribution < 1.29 is 8.83 Å². The number of furan rings is 2. The first-order valence-electron chi connectivity index (χ1n) is 20.3. The SMILES string of the molecule is c1ccc(-c2ccc(N(c3cccc(N(c4ccccc4)c4ccc5c(c4)oc4ccccc45)c3)c3ccc4ccc5cc6oc7ccccc7c6cc5c4c3)cc2)cc1. The second-order valence-electron chi connectivity index (χ2n) is 15.4. The number of fused-ring (bicyclic) bond motifs is 9. The summed E-state index contributed by atoms with van der Waals surface area (Å²) < 4.78 is 12.7. The van der Waals surface area contributed by atoms with Gasteiger partial charge < -0.3 is 18.6 Å². The Labute approximate surface area is 346 Å². The Morgan fingerprint density at radius 1 is 0.233 bits per heavy atom. The Morgan fingerprint density at radius 2 is 0.700 bits per heavy atom. The first kappa shape index (κ1) is 34.0. The zero-order valence-corrected chi connectivity index (χ0v) is 32.5. The van der Waals surface area contributed by atoms with Crippen molar-refractivity contribution in [2.75, 3.05) is 9.80 Å². The van der Waals surface area contributed by atoms with Gasteiger partial charge in [0.15, 0.2) is 0 Å². The lowest BCUT2D eigenvalue weighted by Crippen LogP contribution is -2.13. The lowest BCUT2D eigenvalue weighted by molar-refractivity contribution is 0.669. The maximum atomic E-state index is 6.40. The summed E-state index contributed by atoms with van der Waals surface area (Å²) in [5, 5.41) is 9.18. The van der Waals surface area contributed by atoms with Crippen molar-refractivity contribution in [1.82, 2.24) is 0 Å². The van der Waals surface area contributed by atoms with E-state index in [1.807, 2.05) is 24.3 Å². The number of rotatable bonds is 7. The van der Waals surface area contributed by atoms with Gasteiger partial charge in [0.1, 0.15) is 22.3 Å². The monoisotopic (exact) mass is 768 g/mol. The summed E-state index contributed by atoms with van der Waals surface area (Å²) in [6, 6.07) is 77.6. The quantitative estimate of drug-likeness (QED) is 0.151. The van der Waals surface area contributed by atoms with E-state index >= 15 is 0 Å². The third-order valence-electron chi connectivity index (χ3n) is 11.8. The molecule has 0 amide bonds. The van der Waals surface area contributed by atoms with Gasteiger partial charge in [-0.1, -0.05) is 121 Å². The van der Waals surface area contributed by atoms with Gasteiger partial charge in [-0.3, -0.25) is 0 Å². The van der Waals surface area contributed by atoms with Crippen LogP contribution in [0.2, 0.25) is 0 Å². The van der Waals surface area contributed by atoms with Crippen LogP contribution < -0.4 is 9.80 Å². The van der Waals surface area contributed by atoms with Crippen LogP contribution in [0.3, 0.4) is 0 Å². The second-order valence-corrected chi connectivity index (χ2v) is 15.4. The van der Waals surface area contributed by atoms with E-state index in [1.165, 1.54) is 27.3 Å². The molecule has 0 saturated carbocycles. The number of hydrogen-bond acceptors (Lipinski definition) is 4. The van der Waals surface area contributed by atoms with Gasteiger partial charge in [0.05, 0.1) is 0 Å². The lowest BCUT2D eigenvalue weighted by Gasteiger charge is -2.29. The summed E-state index contributed by atoms with van der Waals surface area (Å²) in [7, 11) is 0. The van der Waals surface area contributed by atoms with Crippen molar-refractivity contribution in [2.45, 2.75) is 0 Å². The molecule has 0 bridgehead atoms. The number of nitrogens with zero attached hydrogens (tertiary/aromatic N) is 2. The summed E-state index contributed by atoms with van der Waals surface area (Å²) >= 11 is 0. The third kappa shape index (κ3) is 5.69. The van der Waals surface area contributed by atoms with Crippen LogP contribution in [-0.4, -0.2) is 0 Å². The molecule has 282 valence electrons. The van der Waals surface area contributed by atoms with Gasteiger partial charge in [0, 0.05) is 61.7 Å². The Kier molecular flexibility index (Phi) is 7.82. The van der Waals surface area contributed by atoms with Crippen molar-refractivity contribution in [1.29, 1.82) is 0 Å². The summed E-state index contributed by atoms with van der Waals surface area (Å²) in [5.74, 6) is 0. The fourth-order valence-corrected chi connectivity index (χ4v) is 8.93. The minimum absolute atomic E-state index is 0.856. The topological polar surface area (TPSA) is 32.8 Å². The summed E-state index contributed by atoms with van der Waals surface area (Å²) in [6.07, 6.45) is 0. The Morgan fingerprint density at radius 3 is 1.43 bits per heavy atom. The fourth-order valence-electron chi connectivity index (χ4n) is 8.93. The van der Waals surface area contributed by atoms with Gasteiger partial charge in [-0.15, -0.1) is 0 Å². The van der Waals surface area contributed by atoms with Crippen LogP contribution in [0.4, 0.5) is 34.1 Å². The second kappa shape index (κ2) is 13.8. The highest BCUT2D eigenvalue weighted by molar-refractivity contribution is 6.17. The van der Waals surface area contributed by atoms with Crippen LogP contribution in [0.15, 0.2) is 227 Å². The molecule has 0 spiro atoms. The predicted molar refractivity (Wildman–Crippen MR) is 251 cm³/mol. The Bertz CT molecular complexity index is 3550. The molecule has 60 heavy (non-hydrogen) atoms. The average molecular weight is 769 g/mol. The molecular weight excluding hydrogens is 733 g/mol. The normalized spacial score (nSPS) is 11.7. The standard InChI is InChI=1S/C56H36N2O2/c1-3-12-37(13-4-1)38-24-27-42(28-25-38)58(45-29-26-39-22-23-40-32-55-52(36-51(40)50(39)34-45)48-19-8-10-21-54(48)59-55)44-17-11-16-43(33-44)57(41-14-5-2-6-15-41)46-30-31-49-47-18-7-9-20-53(47)60-56(49)35-46/h1-36H. The van der Waals surface area contributed by atoms with Crippen molar-refractivity contribution in [3.63, 3.8) is 0 Å². The Balaban J connectivity index is 1.04. The van der Waals surface area contributed by atoms with E-state index in [4.69, 9.17) is 8.83 Å². The zero-order chi connectivity index (χ0) is 39.6. The molecule has 0 unspecified atom stereocenters. The van der Waals surface area contributed by atoms with Gasteiger partial charge in [-0.25, -0.2) is 0 Å². The van der Waals surface area contributed by atoms with Gasteiger partial charge in [-0.05, 0) is 124 Å². The molecule has 0 aliphatic heterocycles. The van der Waals surface area contributed by atoms with Crippen molar-refractivity contribution in [3.05, 3.63) is 218 Å². The minimum Gasteiger partial charge on any atom is -0.456 e. The van der Waals surface area contributed by atoms with Gasteiger partial charge >= 0.3 is 0 Å². The third-order valence-corrected chi connectivity index (χ3v) is 11.8. The average Bonchev–Trinajstić information content (AvgIpc) is 3.87. The Hall–Kier alpha value is -8.08. The highest BCUT2D eigenvalue weighted by atomic mass is 16.3. The van der Waals surface area contributed by atoms with E-state index in [0.717, 1.165) is 83.4 Å². The molecule has 2 heterocycles. The summed E-state index contributed by atoms with van der Waals surface area (Å²) in [4.78, 5) is 4.68. The lowest BCUT2D eigenvalue weighted by atomic mass is 9.98. The molecule has 4 heteroatoms. The van der Waals surface area contributed by atoms with Crippen LogP contribution >= 0.6 is 0 Å². The predicted octanol–water partition coefficient (Wildman–Crippen LogP) is 16.4. The first-order valence-corrected chi connectivity index (χ1v) is 20.3. The highest BCUT2D eigenvalue weighted by Gasteiger charge is 2.20. The molecule has 0 atom stereocenters. The van der Waals surface area contributed by atoms with E-state index in [1.54, 1.807) is 0 Å². The molecule has 0 aliphatic carbocycles. The van der Waals surface area contributed by atoms with Gasteiger partial charge in [0.25, 0.3) is 0 Å². The summed E-state index contributed by atoms with van der Waals surface area (Å²) in [5.41, 5.74) is 12.2. The molecule has 0 fully saturated rings. The molecule has 10 aromatic carbocycles. The molecule has 0 radical (unpaired) electrons. The molecule has 0 aliphatic rings. The zero-order valence-electron chi connectivity index (χ0n) is 32.5. The van der Waals surface area contributed by atoms with Gasteiger partial charge in [0.2, 0.25) is 0 Å². The molecule has 0 saturated heterocycles. The minimum atomic E-state index is 0.856. The maximum absolute atomic E-state index is 6.40. The smallest absolute Gasteiger partial charge is 0.137 e. The fraction of sp³-hybridized carbons (Fsp3) is 0. The van der Waals surface area contributed by atoms with Crippen molar-refractivity contribution in [3.8, 4) is 11.1 Å². The van der Waals surface area contributed by atoms with Crippen molar-refractivity contribution in [2.24, 2.45) is 0 Å². The van der Waals surface area contributed by atoms with E-state index in [9.17, 15) is 0 Å². The van der Waals surface area contributed by atoms with Crippen LogP contribution in [0.5, 0.6) is 0 Å². The van der Waals surface area contributed by atoms with E-state index in [-0.39, 0.29) is 0 Å². The van der Waals surface area contributed by atoms with E-state index in [0.29, 0.717) is 0 Å². The molecular formula is C56H36N2O2. The van der Waals surface area contributed by atoms with Crippen LogP contribution in [0, 0.1) is 0 Å². The molecule has 12 rings (SSSR count). The van der Waals surface area contributed by atoms with Crippen LogP contribution in [0.25, 0.3) is 76.5 Å². The van der Waals surface area contributed by atoms with Crippen molar-refractivity contribution >= 4 is 99.5 Å². The van der Waals surface area contributed by atoms with E-state index < -0.39 is 0 Å².